The van der Waals surface area contributed by atoms with Crippen molar-refractivity contribution in [2.45, 2.75) is 25.9 Å². The predicted molar refractivity (Wildman–Crippen MR) is 77.3 cm³/mol. The fourth-order valence-electron chi connectivity index (χ4n) is 1.70. The maximum Gasteiger partial charge on any atom is 0.405 e. The standard InChI is InChI=1S/C13H17BrN2O3/c1-13(2,19-12(15)18)7-9-3-5-10(6-4-9)16-11(17)8-14/h3-6H,7-8H2,1-2H3,(H2,15,18)(H,16,17). The Morgan fingerprint density at radius 3 is 2.37 bits per heavy atom. The van der Waals surface area contributed by atoms with E-state index in [1.165, 1.54) is 0 Å². The van der Waals surface area contributed by atoms with Gasteiger partial charge in [0.05, 0.1) is 5.33 Å². The van der Waals surface area contributed by atoms with E-state index in [1.54, 1.807) is 26.0 Å². The van der Waals surface area contributed by atoms with E-state index in [0.717, 1.165) is 11.3 Å². The molecule has 0 spiro atoms. The van der Waals surface area contributed by atoms with E-state index in [-0.39, 0.29) is 11.2 Å². The van der Waals surface area contributed by atoms with Crippen molar-refractivity contribution in [2.24, 2.45) is 5.73 Å². The molecule has 1 rings (SSSR count). The molecular formula is C13H17BrN2O3. The minimum Gasteiger partial charge on any atom is -0.443 e. The topological polar surface area (TPSA) is 81.4 Å². The van der Waals surface area contributed by atoms with Crippen molar-refractivity contribution >= 4 is 33.6 Å². The summed E-state index contributed by atoms with van der Waals surface area (Å²) in [5, 5.41) is 2.98. The van der Waals surface area contributed by atoms with Gasteiger partial charge in [-0.3, -0.25) is 4.79 Å². The van der Waals surface area contributed by atoms with Gasteiger partial charge in [0.1, 0.15) is 5.60 Å². The molecule has 0 fully saturated rings. The van der Waals surface area contributed by atoms with Crippen LogP contribution >= 0.6 is 15.9 Å². The lowest BCUT2D eigenvalue weighted by atomic mass is 9.98. The number of halogens is 1. The van der Waals surface area contributed by atoms with Crippen molar-refractivity contribution in [3.05, 3.63) is 29.8 Å². The molecule has 0 unspecified atom stereocenters. The summed E-state index contributed by atoms with van der Waals surface area (Å²) in [6.07, 6.45) is -0.242. The summed E-state index contributed by atoms with van der Waals surface area (Å²) in [6, 6.07) is 7.35. The molecule has 0 aromatic heterocycles. The molecule has 104 valence electrons. The van der Waals surface area contributed by atoms with E-state index in [4.69, 9.17) is 10.5 Å². The average molecular weight is 329 g/mol. The SMILES string of the molecule is CC(C)(Cc1ccc(NC(=O)CBr)cc1)OC(N)=O. The number of amides is 2. The van der Waals surface area contributed by atoms with Crippen LogP contribution in [0.3, 0.4) is 0 Å². The Bertz CT molecular complexity index is 457. The van der Waals surface area contributed by atoms with Gasteiger partial charge in [0.15, 0.2) is 0 Å². The number of alkyl halides is 1. The number of hydrogen-bond acceptors (Lipinski definition) is 3. The van der Waals surface area contributed by atoms with Crippen LogP contribution in [0.5, 0.6) is 0 Å². The number of carbonyl (C=O) groups is 2. The van der Waals surface area contributed by atoms with Gasteiger partial charge in [-0.05, 0) is 31.5 Å². The number of nitrogens with two attached hydrogens (primary N) is 1. The van der Waals surface area contributed by atoms with E-state index in [1.807, 2.05) is 12.1 Å². The fraction of sp³-hybridized carbons (Fsp3) is 0.385. The number of benzene rings is 1. The number of carbonyl (C=O) groups excluding carboxylic acids is 2. The Labute approximate surface area is 120 Å². The molecular weight excluding hydrogens is 312 g/mol. The Morgan fingerprint density at radius 1 is 1.32 bits per heavy atom. The van der Waals surface area contributed by atoms with Gasteiger partial charge >= 0.3 is 6.09 Å². The third kappa shape index (κ3) is 5.74. The average Bonchev–Trinajstić information content (AvgIpc) is 2.29. The zero-order valence-electron chi connectivity index (χ0n) is 10.9. The summed E-state index contributed by atoms with van der Waals surface area (Å²) in [5.74, 6) is -0.106. The number of nitrogens with one attached hydrogen (secondary N) is 1. The van der Waals surface area contributed by atoms with Gasteiger partial charge in [-0.25, -0.2) is 4.79 Å². The molecule has 0 aliphatic heterocycles. The molecule has 0 aliphatic rings. The highest BCUT2D eigenvalue weighted by molar-refractivity contribution is 9.09. The Balaban J connectivity index is 2.66. The minimum absolute atomic E-state index is 0.106. The molecule has 0 heterocycles. The van der Waals surface area contributed by atoms with Gasteiger partial charge in [0.2, 0.25) is 5.91 Å². The second-order valence-corrected chi connectivity index (χ2v) is 5.30. The van der Waals surface area contributed by atoms with E-state index >= 15 is 0 Å². The summed E-state index contributed by atoms with van der Waals surface area (Å²) in [6.45, 7) is 3.58. The maximum atomic E-state index is 11.2. The molecule has 19 heavy (non-hydrogen) atoms. The second-order valence-electron chi connectivity index (χ2n) is 4.74. The maximum absolute atomic E-state index is 11.2. The van der Waals surface area contributed by atoms with E-state index in [2.05, 4.69) is 21.2 Å². The van der Waals surface area contributed by atoms with Crippen LogP contribution in [-0.4, -0.2) is 22.9 Å². The molecule has 0 saturated heterocycles. The van der Waals surface area contributed by atoms with Crippen molar-refractivity contribution < 1.29 is 14.3 Å². The van der Waals surface area contributed by atoms with Crippen molar-refractivity contribution in [2.75, 3.05) is 10.6 Å². The summed E-state index contributed by atoms with van der Waals surface area (Å²) in [5.41, 5.74) is 6.07. The fourth-order valence-corrected chi connectivity index (χ4v) is 1.84. The van der Waals surface area contributed by atoms with Crippen molar-refractivity contribution in [1.29, 1.82) is 0 Å². The quantitative estimate of drug-likeness (QED) is 0.814. The van der Waals surface area contributed by atoms with Crippen LogP contribution in [0.2, 0.25) is 0 Å². The molecule has 1 aromatic carbocycles. The largest absolute Gasteiger partial charge is 0.443 e. The van der Waals surface area contributed by atoms with E-state index in [0.29, 0.717) is 6.42 Å². The first kappa shape index (κ1) is 15.5. The smallest absolute Gasteiger partial charge is 0.405 e. The Kier molecular flexibility index (Phi) is 5.35. The zero-order valence-corrected chi connectivity index (χ0v) is 12.5. The molecule has 0 bridgehead atoms. The van der Waals surface area contributed by atoms with E-state index in [9.17, 15) is 9.59 Å². The third-order valence-electron chi connectivity index (χ3n) is 2.37. The lowest BCUT2D eigenvalue weighted by molar-refractivity contribution is -0.113. The Morgan fingerprint density at radius 2 is 1.89 bits per heavy atom. The summed E-state index contributed by atoms with van der Waals surface area (Å²) >= 11 is 3.08. The van der Waals surface area contributed by atoms with Crippen LogP contribution < -0.4 is 11.1 Å². The van der Waals surface area contributed by atoms with Crippen molar-refractivity contribution in [3.8, 4) is 0 Å². The first-order chi connectivity index (χ1) is 8.82. The van der Waals surface area contributed by atoms with Crippen molar-refractivity contribution in [1.82, 2.24) is 0 Å². The number of ether oxygens (including phenoxy) is 1. The highest BCUT2D eigenvalue weighted by Gasteiger charge is 2.22. The molecule has 6 heteroatoms. The molecule has 0 radical (unpaired) electrons. The van der Waals surface area contributed by atoms with Crippen molar-refractivity contribution in [3.63, 3.8) is 0 Å². The monoisotopic (exact) mass is 328 g/mol. The van der Waals surface area contributed by atoms with Gasteiger partial charge in [-0.2, -0.15) is 0 Å². The predicted octanol–water partition coefficient (Wildman–Crippen LogP) is 2.44. The first-order valence-corrected chi connectivity index (χ1v) is 6.88. The minimum atomic E-state index is -0.786. The number of anilines is 1. The van der Waals surface area contributed by atoms with Gasteiger partial charge in [-0.1, -0.05) is 28.1 Å². The van der Waals surface area contributed by atoms with Gasteiger partial charge in [0, 0.05) is 12.1 Å². The van der Waals surface area contributed by atoms with Crippen LogP contribution in [-0.2, 0) is 16.0 Å². The molecule has 0 atom stereocenters. The number of hydrogen-bond donors (Lipinski definition) is 2. The highest BCUT2D eigenvalue weighted by Crippen LogP contribution is 2.18. The van der Waals surface area contributed by atoms with Gasteiger partial charge < -0.3 is 15.8 Å². The zero-order chi connectivity index (χ0) is 14.5. The molecule has 0 aliphatic carbocycles. The van der Waals surface area contributed by atoms with Crippen LogP contribution in [0.25, 0.3) is 0 Å². The lowest BCUT2D eigenvalue weighted by Gasteiger charge is -2.24. The summed E-state index contributed by atoms with van der Waals surface area (Å²) in [4.78, 5) is 21.9. The molecule has 3 N–H and O–H groups in total. The van der Waals surface area contributed by atoms with Crippen LogP contribution in [0.1, 0.15) is 19.4 Å². The molecule has 5 nitrogen and oxygen atoms in total. The van der Waals surface area contributed by atoms with Crippen LogP contribution in [0, 0.1) is 0 Å². The Hall–Kier alpha value is -1.56. The lowest BCUT2D eigenvalue weighted by Crippen LogP contribution is -2.33. The molecule has 1 aromatic rings. The third-order valence-corrected chi connectivity index (χ3v) is 2.88. The van der Waals surface area contributed by atoms with Gasteiger partial charge in [0.25, 0.3) is 0 Å². The normalized spacial score (nSPS) is 10.9. The first-order valence-electron chi connectivity index (χ1n) is 5.75. The van der Waals surface area contributed by atoms with Crippen LogP contribution in [0.4, 0.5) is 10.5 Å². The summed E-state index contributed by atoms with van der Waals surface area (Å²) in [7, 11) is 0. The van der Waals surface area contributed by atoms with Crippen LogP contribution in [0.15, 0.2) is 24.3 Å². The van der Waals surface area contributed by atoms with E-state index < -0.39 is 11.7 Å². The molecule has 2 amide bonds. The number of rotatable bonds is 5. The van der Waals surface area contributed by atoms with Gasteiger partial charge in [-0.15, -0.1) is 0 Å². The summed E-state index contributed by atoms with van der Waals surface area (Å²) < 4.78 is 5.02. The highest BCUT2D eigenvalue weighted by atomic mass is 79.9. The second kappa shape index (κ2) is 6.56. The molecule has 0 saturated carbocycles. The number of primary amides is 1.